The molecule has 1 aromatic carbocycles. The summed E-state index contributed by atoms with van der Waals surface area (Å²) in [6.07, 6.45) is 3.80. The van der Waals surface area contributed by atoms with Gasteiger partial charge >= 0.3 is 12.2 Å². The minimum absolute atomic E-state index is 0.0261. The average Bonchev–Trinajstić information content (AvgIpc) is 3.79. The number of carbonyl (C=O) groups excluding carboxylic acids is 3. The third kappa shape index (κ3) is 9.16. The molecule has 49 heavy (non-hydrogen) atoms. The molecule has 3 aliphatic rings. The second-order valence-corrected chi connectivity index (χ2v) is 15.4. The number of rotatable bonds is 7. The number of hydrogen-bond acceptors (Lipinski definition) is 7. The number of benzene rings is 1. The number of piperidine rings is 2. The first kappa shape index (κ1) is 36.3. The predicted molar refractivity (Wildman–Crippen MR) is 174 cm³/mol. The average molecular weight is 689 g/mol. The molecule has 2 aliphatic heterocycles. The maximum absolute atomic E-state index is 15.1. The first-order valence-electron chi connectivity index (χ1n) is 16.9. The minimum Gasteiger partial charge on any atom is -0.485 e. The molecule has 1 aliphatic carbocycles. The maximum atomic E-state index is 15.1. The molecule has 0 N–H and O–H groups in total. The van der Waals surface area contributed by atoms with Crippen molar-refractivity contribution in [3.05, 3.63) is 59.2 Å². The van der Waals surface area contributed by atoms with E-state index in [1.807, 2.05) is 20.8 Å². The zero-order valence-electron chi connectivity index (χ0n) is 29.2. The van der Waals surface area contributed by atoms with Crippen LogP contribution in [0.5, 0.6) is 5.75 Å². The fourth-order valence-corrected chi connectivity index (χ4v) is 6.65. The van der Waals surface area contributed by atoms with E-state index in [2.05, 4.69) is 4.98 Å². The monoisotopic (exact) mass is 688 g/mol. The molecule has 1 spiro atoms. The zero-order chi connectivity index (χ0) is 35.7. The maximum Gasteiger partial charge on any atom is 0.411 e. The minimum atomic E-state index is -0.955. The molecule has 3 amide bonds. The van der Waals surface area contributed by atoms with Crippen LogP contribution >= 0.6 is 0 Å². The Morgan fingerprint density at radius 1 is 0.918 bits per heavy atom. The van der Waals surface area contributed by atoms with Crippen LogP contribution in [0.2, 0.25) is 0 Å². The highest BCUT2D eigenvalue weighted by atomic mass is 19.1. The van der Waals surface area contributed by atoms with Gasteiger partial charge in [-0.1, -0.05) is 0 Å². The molecule has 268 valence electrons. The lowest BCUT2D eigenvalue weighted by Gasteiger charge is -2.47. The highest BCUT2D eigenvalue weighted by Crippen LogP contribution is 2.49. The lowest BCUT2D eigenvalue weighted by Crippen LogP contribution is -2.52. The fourth-order valence-electron chi connectivity index (χ4n) is 6.65. The van der Waals surface area contributed by atoms with E-state index in [4.69, 9.17) is 14.2 Å². The van der Waals surface area contributed by atoms with Gasteiger partial charge in [0.25, 0.3) is 0 Å². The van der Waals surface area contributed by atoms with Crippen LogP contribution < -0.4 is 4.74 Å². The summed E-state index contributed by atoms with van der Waals surface area (Å²) in [4.78, 5) is 48.1. The lowest BCUT2D eigenvalue weighted by molar-refractivity contribution is -0.135. The molecule has 1 aromatic heterocycles. The van der Waals surface area contributed by atoms with Crippen LogP contribution in [-0.4, -0.2) is 87.7 Å². The van der Waals surface area contributed by atoms with Crippen LogP contribution in [0.3, 0.4) is 0 Å². The van der Waals surface area contributed by atoms with Gasteiger partial charge in [0, 0.05) is 61.5 Å². The molecule has 2 atom stereocenters. The quantitative estimate of drug-likeness (QED) is 0.295. The lowest BCUT2D eigenvalue weighted by atomic mass is 9.71. The van der Waals surface area contributed by atoms with Crippen molar-refractivity contribution in [1.29, 1.82) is 0 Å². The van der Waals surface area contributed by atoms with Crippen molar-refractivity contribution in [2.24, 2.45) is 5.41 Å². The Balaban J connectivity index is 1.25. The third-order valence-electron chi connectivity index (χ3n) is 9.39. The zero-order valence-corrected chi connectivity index (χ0v) is 29.2. The van der Waals surface area contributed by atoms with E-state index in [0.717, 1.165) is 31.7 Å². The number of likely N-dealkylation sites (tertiary alicyclic amines) is 2. The van der Waals surface area contributed by atoms with E-state index in [9.17, 15) is 23.2 Å². The summed E-state index contributed by atoms with van der Waals surface area (Å²) in [5, 5.41) is 0. The molecule has 2 saturated heterocycles. The van der Waals surface area contributed by atoms with Crippen molar-refractivity contribution in [3.8, 4) is 5.75 Å². The Bertz CT molecular complexity index is 1540. The van der Waals surface area contributed by atoms with Crippen LogP contribution in [0.1, 0.15) is 90.7 Å². The fraction of sp³-hybridized carbons (Fsp3) is 0.611. The number of ether oxygens (including phenoxy) is 3. The van der Waals surface area contributed by atoms with Gasteiger partial charge in [-0.25, -0.2) is 23.4 Å². The second-order valence-electron chi connectivity index (χ2n) is 15.4. The molecule has 5 rings (SSSR count). The summed E-state index contributed by atoms with van der Waals surface area (Å²) in [6, 6.07) is 4.24. The molecule has 10 nitrogen and oxygen atoms in total. The summed E-state index contributed by atoms with van der Waals surface area (Å²) >= 11 is 0. The summed E-state index contributed by atoms with van der Waals surface area (Å²) in [6.45, 7) is 12.3. The van der Waals surface area contributed by atoms with E-state index in [0.29, 0.717) is 38.7 Å². The second kappa shape index (κ2) is 14.1. The topological polar surface area (TPSA) is 102 Å². The number of hydrogen-bond donors (Lipinski definition) is 0. The largest absolute Gasteiger partial charge is 0.485 e. The Labute approximate surface area is 285 Å². The van der Waals surface area contributed by atoms with Crippen LogP contribution in [0.15, 0.2) is 30.5 Å². The Kier molecular flexibility index (Phi) is 10.4. The van der Waals surface area contributed by atoms with E-state index in [-0.39, 0.29) is 47.4 Å². The van der Waals surface area contributed by atoms with Gasteiger partial charge in [-0.2, -0.15) is 4.39 Å². The van der Waals surface area contributed by atoms with Gasteiger partial charge in [-0.15, -0.1) is 0 Å². The van der Waals surface area contributed by atoms with Crippen LogP contribution in [-0.2, 0) is 20.9 Å². The molecule has 3 fully saturated rings. The van der Waals surface area contributed by atoms with Gasteiger partial charge in [-0.05, 0) is 97.3 Å². The molecule has 0 unspecified atom stereocenters. The molecule has 13 heteroatoms. The van der Waals surface area contributed by atoms with Gasteiger partial charge < -0.3 is 24.0 Å². The number of pyridine rings is 1. The van der Waals surface area contributed by atoms with Gasteiger partial charge in [0.15, 0.2) is 11.6 Å². The SMILES string of the molecule is CC(C)(C)OC(=O)N1CCC2(CCN(C(=O)CN(C(=O)OC(C)(C)C)[C@@H]3C[C@H]3c3cc(F)cc(F)c3OCc3cccnc3F)CC2)CC1. The van der Waals surface area contributed by atoms with E-state index in [1.165, 1.54) is 23.2 Å². The number of amides is 3. The van der Waals surface area contributed by atoms with Crippen LogP contribution in [0, 0.1) is 23.0 Å². The number of halogens is 3. The third-order valence-corrected chi connectivity index (χ3v) is 9.39. The predicted octanol–water partition coefficient (Wildman–Crippen LogP) is 6.81. The van der Waals surface area contributed by atoms with Gasteiger partial charge in [0.05, 0.1) is 0 Å². The van der Waals surface area contributed by atoms with Crippen LogP contribution in [0.4, 0.5) is 22.8 Å². The highest BCUT2D eigenvalue weighted by Gasteiger charge is 2.49. The first-order chi connectivity index (χ1) is 22.9. The molecule has 0 bridgehead atoms. The van der Waals surface area contributed by atoms with Crippen molar-refractivity contribution in [1.82, 2.24) is 19.7 Å². The van der Waals surface area contributed by atoms with Crippen LogP contribution in [0.25, 0.3) is 0 Å². The smallest absolute Gasteiger partial charge is 0.411 e. The Morgan fingerprint density at radius 2 is 1.53 bits per heavy atom. The van der Waals surface area contributed by atoms with E-state index in [1.54, 1.807) is 30.6 Å². The van der Waals surface area contributed by atoms with Gasteiger partial charge in [0.1, 0.15) is 30.2 Å². The number of nitrogens with zero attached hydrogens (tertiary/aromatic N) is 4. The summed E-state index contributed by atoms with van der Waals surface area (Å²) in [7, 11) is 0. The molecular weight excluding hydrogens is 641 g/mol. The van der Waals surface area contributed by atoms with Crippen molar-refractivity contribution >= 4 is 18.1 Å². The first-order valence-corrected chi connectivity index (χ1v) is 16.9. The van der Waals surface area contributed by atoms with Crippen molar-refractivity contribution < 1.29 is 41.8 Å². The summed E-state index contributed by atoms with van der Waals surface area (Å²) < 4.78 is 60.6. The molecule has 0 radical (unpaired) electrons. The standard InChI is InChI=1S/C36H47F3N4O6/c1-34(2,3)48-32(45)42-16-11-36(12-17-42)9-14-41(15-10-36)29(44)21-43(33(46)49-35(4,5)6)28-20-25(28)26-18-24(37)19-27(38)30(26)47-22-23-8-7-13-40-31(23)39/h7-8,13,18-19,25,28H,9-12,14-17,20-22H2,1-6H3/t25-,28+/m0/s1. The van der Waals surface area contributed by atoms with Crippen molar-refractivity contribution in [2.75, 3.05) is 32.7 Å². The highest BCUT2D eigenvalue weighted by molar-refractivity contribution is 5.83. The van der Waals surface area contributed by atoms with E-state index < -0.39 is 46.8 Å². The summed E-state index contributed by atoms with van der Waals surface area (Å²) in [5.74, 6) is -3.57. The molecule has 2 aromatic rings. The Morgan fingerprint density at radius 3 is 2.12 bits per heavy atom. The van der Waals surface area contributed by atoms with Gasteiger partial charge in [-0.3, -0.25) is 9.69 Å². The number of aromatic nitrogens is 1. The van der Waals surface area contributed by atoms with Crippen molar-refractivity contribution in [3.63, 3.8) is 0 Å². The normalized spacial score (nSPS) is 20.5. The number of carbonyl (C=O) groups is 3. The summed E-state index contributed by atoms with van der Waals surface area (Å²) in [5.41, 5.74) is -1.09. The molecular formula is C36H47F3N4O6. The van der Waals surface area contributed by atoms with Crippen molar-refractivity contribution in [2.45, 2.75) is 103 Å². The van der Waals surface area contributed by atoms with Gasteiger partial charge in [0.2, 0.25) is 11.9 Å². The molecule has 1 saturated carbocycles. The van der Waals surface area contributed by atoms with E-state index >= 15 is 4.39 Å². The molecule has 3 heterocycles. The Hall–Kier alpha value is -4.03.